The Morgan fingerprint density at radius 2 is 1.67 bits per heavy atom. The predicted octanol–water partition coefficient (Wildman–Crippen LogP) is 2.35. The van der Waals surface area contributed by atoms with Crippen LogP contribution in [0, 0.1) is 12.7 Å². The summed E-state index contributed by atoms with van der Waals surface area (Å²) in [6, 6.07) is 14.4. The second-order valence-electron chi connectivity index (χ2n) is 7.83. The number of nitrogens with one attached hydrogen (secondary N) is 1. The summed E-state index contributed by atoms with van der Waals surface area (Å²) in [5.41, 5.74) is 2.55. The molecule has 6 nitrogen and oxygen atoms in total. The molecule has 1 aliphatic heterocycles. The van der Waals surface area contributed by atoms with Crippen LogP contribution < -0.4 is 5.32 Å². The van der Waals surface area contributed by atoms with Crippen LogP contribution in [-0.4, -0.2) is 72.8 Å². The van der Waals surface area contributed by atoms with Crippen LogP contribution in [0.3, 0.4) is 0 Å². The van der Waals surface area contributed by atoms with Gasteiger partial charge in [0, 0.05) is 44.0 Å². The Kier molecular flexibility index (Phi) is 7.54. The van der Waals surface area contributed by atoms with E-state index in [-0.39, 0.29) is 30.7 Å². The number of hydrogen-bond donors (Lipinski definition) is 1. The fourth-order valence-corrected chi connectivity index (χ4v) is 3.49. The van der Waals surface area contributed by atoms with Gasteiger partial charge in [-0.2, -0.15) is 0 Å². The average Bonchev–Trinajstić information content (AvgIpc) is 2.72. The Balaban J connectivity index is 1.40. The Hall–Kier alpha value is -2.77. The molecule has 0 atom stereocenters. The summed E-state index contributed by atoms with van der Waals surface area (Å²) in [6.45, 7) is 5.50. The van der Waals surface area contributed by atoms with Crippen LogP contribution in [0.15, 0.2) is 48.5 Å². The summed E-state index contributed by atoms with van der Waals surface area (Å²) in [6.07, 6.45) is 0. The molecule has 1 aliphatic rings. The van der Waals surface area contributed by atoms with Crippen molar-refractivity contribution in [3.05, 3.63) is 65.5 Å². The number of benzene rings is 2. The highest BCUT2D eigenvalue weighted by atomic mass is 19.1. The van der Waals surface area contributed by atoms with Crippen LogP contribution in [0.1, 0.15) is 11.1 Å². The van der Waals surface area contributed by atoms with Crippen LogP contribution in [0.4, 0.5) is 10.1 Å². The molecule has 3 rings (SSSR count). The summed E-state index contributed by atoms with van der Waals surface area (Å²) in [7, 11) is 1.76. The van der Waals surface area contributed by atoms with Crippen molar-refractivity contribution >= 4 is 17.5 Å². The van der Waals surface area contributed by atoms with Gasteiger partial charge < -0.3 is 10.2 Å². The molecule has 0 unspecified atom stereocenters. The molecule has 7 heteroatoms. The first-order chi connectivity index (χ1) is 14.4. The largest absolute Gasteiger partial charge is 0.339 e. The monoisotopic (exact) mass is 412 g/mol. The molecule has 1 fully saturated rings. The second kappa shape index (κ2) is 10.3. The Bertz CT molecular complexity index is 864. The van der Waals surface area contributed by atoms with Crippen LogP contribution in [0.5, 0.6) is 0 Å². The molecule has 1 heterocycles. The number of hydrogen-bond acceptors (Lipinski definition) is 4. The molecule has 1 N–H and O–H groups in total. The molecule has 1 saturated heterocycles. The number of carbonyl (C=O) groups excluding carboxylic acids is 2. The number of carbonyl (C=O) groups is 2. The van der Waals surface area contributed by atoms with E-state index in [2.05, 4.69) is 10.2 Å². The number of halogens is 1. The number of amides is 2. The van der Waals surface area contributed by atoms with Crippen molar-refractivity contribution in [3.8, 4) is 0 Å². The van der Waals surface area contributed by atoms with E-state index < -0.39 is 0 Å². The summed E-state index contributed by atoms with van der Waals surface area (Å²) in [4.78, 5) is 30.5. The van der Waals surface area contributed by atoms with Crippen molar-refractivity contribution < 1.29 is 14.0 Å². The molecule has 0 bridgehead atoms. The molecule has 2 amide bonds. The van der Waals surface area contributed by atoms with Gasteiger partial charge in [-0.15, -0.1) is 0 Å². The number of aryl methyl sites for hydroxylation is 1. The maximum atomic E-state index is 13.8. The first-order valence-corrected chi connectivity index (χ1v) is 10.2. The van der Waals surface area contributed by atoms with Gasteiger partial charge in [-0.1, -0.05) is 35.9 Å². The van der Waals surface area contributed by atoms with Crippen LogP contribution in [0.25, 0.3) is 0 Å². The summed E-state index contributed by atoms with van der Waals surface area (Å²) in [5.74, 6) is -0.336. The molecule has 0 aromatic heterocycles. The summed E-state index contributed by atoms with van der Waals surface area (Å²) >= 11 is 0. The highest BCUT2D eigenvalue weighted by Gasteiger charge is 2.23. The second-order valence-corrected chi connectivity index (χ2v) is 7.83. The third-order valence-corrected chi connectivity index (χ3v) is 5.23. The Morgan fingerprint density at radius 1 is 1.00 bits per heavy atom. The molecule has 0 radical (unpaired) electrons. The van der Waals surface area contributed by atoms with Gasteiger partial charge >= 0.3 is 0 Å². The lowest BCUT2D eigenvalue weighted by atomic mass is 10.2. The summed E-state index contributed by atoms with van der Waals surface area (Å²) in [5, 5.41) is 2.84. The zero-order valence-electron chi connectivity index (χ0n) is 17.6. The summed E-state index contributed by atoms with van der Waals surface area (Å²) < 4.78 is 13.8. The number of anilines is 1. The lowest BCUT2D eigenvalue weighted by Gasteiger charge is -2.35. The van der Waals surface area contributed by atoms with Gasteiger partial charge in [-0.05, 0) is 32.2 Å². The standard InChI is InChI=1S/C23H29FN4O2/c1-18-7-9-20(10-8-18)25-22(29)16-26(2)17-23(30)28-13-11-27(12-14-28)15-19-5-3-4-6-21(19)24/h3-10H,11-17H2,1-2H3,(H,25,29). The topological polar surface area (TPSA) is 55.9 Å². The molecule has 0 aliphatic carbocycles. The smallest absolute Gasteiger partial charge is 0.238 e. The molecule has 2 aromatic carbocycles. The molecule has 30 heavy (non-hydrogen) atoms. The number of nitrogens with zero attached hydrogens (tertiary/aromatic N) is 3. The van der Waals surface area contributed by atoms with E-state index in [1.54, 1.807) is 24.1 Å². The van der Waals surface area contributed by atoms with Gasteiger partial charge in [0.25, 0.3) is 0 Å². The first kappa shape index (κ1) is 21.9. The van der Waals surface area contributed by atoms with Crippen molar-refractivity contribution in [1.82, 2.24) is 14.7 Å². The zero-order valence-corrected chi connectivity index (χ0v) is 17.6. The van der Waals surface area contributed by atoms with Gasteiger partial charge in [-0.3, -0.25) is 19.4 Å². The van der Waals surface area contributed by atoms with Gasteiger partial charge in [0.05, 0.1) is 13.1 Å². The fraction of sp³-hybridized carbons (Fsp3) is 0.391. The van der Waals surface area contributed by atoms with Gasteiger partial charge in [0.2, 0.25) is 11.8 Å². The SMILES string of the molecule is Cc1ccc(NC(=O)CN(C)CC(=O)N2CCN(Cc3ccccc3F)CC2)cc1. The van der Waals surface area contributed by atoms with E-state index in [0.29, 0.717) is 38.3 Å². The minimum atomic E-state index is -0.193. The van der Waals surface area contributed by atoms with Crippen molar-refractivity contribution in [2.24, 2.45) is 0 Å². The third-order valence-electron chi connectivity index (χ3n) is 5.23. The fourth-order valence-electron chi connectivity index (χ4n) is 3.49. The van der Waals surface area contributed by atoms with Gasteiger partial charge in [0.15, 0.2) is 0 Å². The maximum Gasteiger partial charge on any atom is 0.238 e. The van der Waals surface area contributed by atoms with Gasteiger partial charge in [0.1, 0.15) is 5.82 Å². The minimum absolute atomic E-state index is 0.00572. The maximum absolute atomic E-state index is 13.8. The normalized spacial score (nSPS) is 14.7. The lowest BCUT2D eigenvalue weighted by molar-refractivity contribution is -0.134. The molecular formula is C23H29FN4O2. The molecule has 160 valence electrons. The lowest BCUT2D eigenvalue weighted by Crippen LogP contribution is -2.51. The van der Waals surface area contributed by atoms with E-state index in [9.17, 15) is 14.0 Å². The van der Waals surface area contributed by atoms with Gasteiger partial charge in [-0.25, -0.2) is 4.39 Å². The zero-order chi connectivity index (χ0) is 21.5. The average molecular weight is 413 g/mol. The van der Waals surface area contributed by atoms with Crippen LogP contribution in [-0.2, 0) is 16.1 Å². The van der Waals surface area contributed by atoms with Crippen molar-refractivity contribution in [1.29, 1.82) is 0 Å². The van der Waals surface area contributed by atoms with Crippen molar-refractivity contribution in [2.45, 2.75) is 13.5 Å². The quantitative estimate of drug-likeness (QED) is 0.759. The minimum Gasteiger partial charge on any atom is -0.339 e. The van der Waals surface area contributed by atoms with Crippen molar-refractivity contribution in [2.75, 3.05) is 51.6 Å². The first-order valence-electron chi connectivity index (χ1n) is 10.2. The van der Waals surface area contributed by atoms with Crippen molar-refractivity contribution in [3.63, 3.8) is 0 Å². The highest BCUT2D eigenvalue weighted by molar-refractivity contribution is 5.92. The van der Waals surface area contributed by atoms with E-state index in [0.717, 1.165) is 11.3 Å². The number of likely N-dealkylation sites (N-methyl/N-ethyl adjacent to an activating group) is 1. The van der Waals surface area contributed by atoms with Crippen LogP contribution in [0.2, 0.25) is 0 Å². The number of piperazine rings is 1. The molecule has 0 spiro atoms. The van der Waals surface area contributed by atoms with Crippen LogP contribution >= 0.6 is 0 Å². The third kappa shape index (κ3) is 6.37. The molecular weight excluding hydrogens is 383 g/mol. The number of rotatable bonds is 7. The van der Waals surface area contributed by atoms with E-state index in [4.69, 9.17) is 0 Å². The molecule has 0 saturated carbocycles. The van der Waals surface area contributed by atoms with E-state index in [1.165, 1.54) is 6.07 Å². The predicted molar refractivity (Wildman–Crippen MR) is 116 cm³/mol. The Labute approximate surface area is 177 Å². The molecule has 2 aromatic rings. The highest BCUT2D eigenvalue weighted by Crippen LogP contribution is 2.12. The Morgan fingerprint density at radius 3 is 2.33 bits per heavy atom. The van der Waals surface area contributed by atoms with E-state index in [1.807, 2.05) is 42.2 Å². The van der Waals surface area contributed by atoms with E-state index >= 15 is 0 Å².